The van der Waals surface area contributed by atoms with Gasteiger partial charge in [0.25, 0.3) is 5.91 Å². The zero-order valence-corrected chi connectivity index (χ0v) is 18.9. The summed E-state index contributed by atoms with van der Waals surface area (Å²) >= 11 is 6.06. The highest BCUT2D eigenvalue weighted by Crippen LogP contribution is 2.34. The van der Waals surface area contributed by atoms with Crippen LogP contribution in [0.5, 0.6) is 0 Å². The highest BCUT2D eigenvalue weighted by atomic mass is 35.5. The zero-order valence-electron chi connectivity index (χ0n) is 18.1. The summed E-state index contributed by atoms with van der Waals surface area (Å²) in [4.78, 5) is 28.5. The fourth-order valence-electron chi connectivity index (χ4n) is 4.97. The van der Waals surface area contributed by atoms with Crippen molar-refractivity contribution in [2.75, 3.05) is 26.2 Å². The number of halogens is 1. The van der Waals surface area contributed by atoms with Gasteiger partial charge in [0, 0.05) is 43.0 Å². The van der Waals surface area contributed by atoms with Crippen LogP contribution >= 0.6 is 11.6 Å². The maximum absolute atomic E-state index is 13.6. The number of rotatable bonds is 4. The Morgan fingerprint density at radius 2 is 1.58 bits per heavy atom. The Kier molecular flexibility index (Phi) is 5.81. The lowest BCUT2D eigenvalue weighted by molar-refractivity contribution is 0.0789. The Morgan fingerprint density at radius 1 is 0.909 bits per heavy atom. The van der Waals surface area contributed by atoms with Crippen LogP contribution in [0.1, 0.15) is 46.3 Å². The van der Waals surface area contributed by atoms with Crippen molar-refractivity contribution in [2.24, 2.45) is 0 Å². The van der Waals surface area contributed by atoms with Gasteiger partial charge in [-0.2, -0.15) is 5.10 Å². The van der Waals surface area contributed by atoms with Gasteiger partial charge in [0.2, 0.25) is 0 Å². The maximum Gasteiger partial charge on any atom is 0.407 e. The van der Waals surface area contributed by atoms with Crippen LogP contribution in [-0.4, -0.2) is 62.9 Å². The van der Waals surface area contributed by atoms with Gasteiger partial charge < -0.3 is 14.9 Å². The summed E-state index contributed by atoms with van der Waals surface area (Å²) in [5.74, 6) is 0.169. The third-order valence-corrected chi connectivity index (χ3v) is 6.95. The minimum atomic E-state index is -0.937. The summed E-state index contributed by atoms with van der Waals surface area (Å²) in [6.07, 6.45) is 2.27. The predicted molar refractivity (Wildman–Crippen MR) is 125 cm³/mol. The van der Waals surface area contributed by atoms with Gasteiger partial charge in [-0.3, -0.25) is 4.79 Å². The summed E-state index contributed by atoms with van der Waals surface area (Å²) in [6, 6.07) is 17.6. The quantitative estimate of drug-likeness (QED) is 0.611. The van der Waals surface area contributed by atoms with E-state index in [9.17, 15) is 14.7 Å². The topological polar surface area (TPSA) is 78.7 Å². The van der Waals surface area contributed by atoms with Gasteiger partial charge in [0.15, 0.2) is 0 Å². The Balaban J connectivity index is 1.46. The molecule has 0 radical (unpaired) electrons. The van der Waals surface area contributed by atoms with Gasteiger partial charge in [-0.1, -0.05) is 41.9 Å². The van der Waals surface area contributed by atoms with Gasteiger partial charge in [-0.05, 0) is 42.7 Å². The number of hydrogen-bond acceptors (Lipinski definition) is 3. The van der Waals surface area contributed by atoms with Crippen LogP contribution in [0.25, 0.3) is 5.69 Å². The number of carboxylic acid groups (broad SMARTS) is 1. The molecule has 3 aromatic rings. The Labute approximate surface area is 197 Å². The molecule has 2 saturated heterocycles. The first-order chi connectivity index (χ1) is 16.0. The number of carbonyl (C=O) groups is 2. The Hall–Kier alpha value is -3.32. The van der Waals surface area contributed by atoms with Crippen molar-refractivity contribution in [2.45, 2.75) is 24.7 Å². The number of likely N-dealkylation sites (tertiary alicyclic amines) is 2. The summed E-state index contributed by atoms with van der Waals surface area (Å²) in [5, 5.41) is 14.6. The molecule has 2 atom stereocenters. The van der Waals surface area contributed by atoms with Crippen LogP contribution in [-0.2, 0) is 0 Å². The Bertz CT molecular complexity index is 1160. The van der Waals surface area contributed by atoms with Gasteiger partial charge in [0.1, 0.15) is 0 Å². The summed E-state index contributed by atoms with van der Waals surface area (Å²) in [6.45, 7) is 2.15. The molecular weight excluding hydrogens is 440 g/mol. The van der Waals surface area contributed by atoms with Crippen LogP contribution in [0.15, 0.2) is 60.8 Å². The van der Waals surface area contributed by atoms with Crippen molar-refractivity contribution in [1.82, 2.24) is 19.6 Å². The molecule has 2 aliphatic heterocycles. The molecule has 0 spiro atoms. The fourth-order valence-corrected chi connectivity index (χ4v) is 5.10. The van der Waals surface area contributed by atoms with Crippen LogP contribution in [0.2, 0.25) is 5.02 Å². The first-order valence-corrected chi connectivity index (χ1v) is 11.5. The molecule has 3 heterocycles. The third-order valence-electron chi connectivity index (χ3n) is 6.70. The largest absolute Gasteiger partial charge is 0.465 e. The van der Waals surface area contributed by atoms with Crippen molar-refractivity contribution in [3.05, 3.63) is 82.6 Å². The minimum absolute atomic E-state index is 0.0441. The van der Waals surface area contributed by atoms with E-state index >= 15 is 0 Å². The van der Waals surface area contributed by atoms with Crippen molar-refractivity contribution >= 4 is 23.6 Å². The van der Waals surface area contributed by atoms with Crippen molar-refractivity contribution in [1.29, 1.82) is 0 Å². The molecule has 2 fully saturated rings. The van der Waals surface area contributed by atoms with Gasteiger partial charge >= 0.3 is 6.09 Å². The molecule has 0 aliphatic carbocycles. The summed E-state index contributed by atoms with van der Waals surface area (Å²) in [5.41, 5.74) is 3.37. The number of hydrogen-bond donors (Lipinski definition) is 1. The number of carbonyl (C=O) groups excluding carboxylic acids is 1. The standard InChI is InChI=1S/C25H25ClN4O3/c26-20-6-8-21(9-7-20)30-23(19-11-13-29(16-19)25(32)33)22(14-27-30)24(31)28-12-10-18(15-28)17-4-2-1-3-5-17/h1-9,14,18-19H,10-13,15-16H2,(H,32,33)/t18-,19-/m0/s1. The maximum atomic E-state index is 13.6. The lowest BCUT2D eigenvalue weighted by Gasteiger charge is -2.20. The Morgan fingerprint density at radius 3 is 2.27 bits per heavy atom. The highest BCUT2D eigenvalue weighted by Gasteiger charge is 2.36. The minimum Gasteiger partial charge on any atom is -0.465 e. The smallest absolute Gasteiger partial charge is 0.407 e. The van der Waals surface area contributed by atoms with Crippen LogP contribution in [0.3, 0.4) is 0 Å². The SMILES string of the molecule is O=C(O)N1CC[C@H](c2c(C(=O)N3CC[C@H](c4ccccc4)C3)cnn2-c2ccc(Cl)cc2)C1. The molecule has 0 unspecified atom stereocenters. The van der Waals surface area contributed by atoms with Crippen LogP contribution < -0.4 is 0 Å². The third kappa shape index (κ3) is 4.20. The van der Waals surface area contributed by atoms with Crippen molar-refractivity contribution in [3.8, 4) is 5.69 Å². The molecule has 7 nitrogen and oxygen atoms in total. The molecule has 1 N–H and O–H groups in total. The highest BCUT2D eigenvalue weighted by molar-refractivity contribution is 6.30. The van der Waals surface area contributed by atoms with Crippen molar-refractivity contribution in [3.63, 3.8) is 0 Å². The molecular formula is C25H25ClN4O3. The van der Waals surface area contributed by atoms with Gasteiger partial charge in [-0.25, -0.2) is 9.48 Å². The van der Waals surface area contributed by atoms with E-state index in [0.717, 1.165) is 17.8 Å². The number of amides is 2. The fraction of sp³-hybridized carbons (Fsp3) is 0.320. The lowest BCUT2D eigenvalue weighted by Crippen LogP contribution is -2.30. The van der Waals surface area contributed by atoms with E-state index in [-0.39, 0.29) is 11.8 Å². The lowest BCUT2D eigenvalue weighted by atomic mass is 9.98. The normalized spacial score (nSPS) is 20.4. The molecule has 8 heteroatoms. The van der Waals surface area contributed by atoms with Crippen LogP contribution in [0.4, 0.5) is 4.79 Å². The van der Waals surface area contributed by atoms with Gasteiger partial charge in [0.05, 0.1) is 23.1 Å². The summed E-state index contributed by atoms with van der Waals surface area (Å²) in [7, 11) is 0. The molecule has 170 valence electrons. The second kappa shape index (κ2) is 8.90. The molecule has 5 rings (SSSR count). The molecule has 2 aromatic carbocycles. The van der Waals surface area contributed by atoms with Crippen LogP contribution in [0, 0.1) is 0 Å². The monoisotopic (exact) mass is 464 g/mol. The second-order valence-electron chi connectivity index (χ2n) is 8.69. The first kappa shape index (κ1) is 21.5. The van der Waals surface area contributed by atoms with E-state index in [2.05, 4.69) is 17.2 Å². The average molecular weight is 465 g/mol. The molecule has 0 bridgehead atoms. The van der Waals surface area contributed by atoms with E-state index in [1.165, 1.54) is 10.5 Å². The molecule has 1 aromatic heterocycles. The molecule has 2 aliphatic rings. The summed E-state index contributed by atoms with van der Waals surface area (Å²) < 4.78 is 1.77. The van der Waals surface area contributed by atoms with Gasteiger partial charge in [-0.15, -0.1) is 0 Å². The van der Waals surface area contributed by atoms with E-state index < -0.39 is 6.09 Å². The average Bonchev–Trinajstić information content (AvgIpc) is 3.59. The second-order valence-corrected chi connectivity index (χ2v) is 9.13. The number of aromatic nitrogens is 2. The van der Waals surface area contributed by atoms with E-state index in [4.69, 9.17) is 11.6 Å². The van der Waals surface area contributed by atoms with Crippen molar-refractivity contribution < 1.29 is 14.7 Å². The van der Waals surface area contributed by atoms with E-state index in [1.54, 1.807) is 23.0 Å². The zero-order chi connectivity index (χ0) is 22.9. The molecule has 2 amide bonds. The van der Waals surface area contributed by atoms with E-state index in [1.807, 2.05) is 35.2 Å². The molecule has 0 saturated carbocycles. The van der Waals surface area contributed by atoms with E-state index in [0.29, 0.717) is 49.1 Å². The predicted octanol–water partition coefficient (Wildman–Crippen LogP) is 4.62. The first-order valence-electron chi connectivity index (χ1n) is 11.2. The molecule has 33 heavy (non-hydrogen) atoms. The number of nitrogens with zero attached hydrogens (tertiary/aromatic N) is 4. The number of benzene rings is 2.